The number of ether oxygens (including phenoxy) is 2. The van der Waals surface area contributed by atoms with Crippen LogP contribution in [0.2, 0.25) is 5.02 Å². The molecule has 0 bridgehead atoms. The molecule has 5 rings (SSSR count). The van der Waals surface area contributed by atoms with E-state index in [1.54, 1.807) is 7.11 Å². The normalized spacial score (nSPS) is 20.3. The third-order valence-electron chi connectivity index (χ3n) is 7.40. The molecule has 0 spiro atoms. The fourth-order valence-electron chi connectivity index (χ4n) is 5.50. The first-order chi connectivity index (χ1) is 18.0. The van der Waals surface area contributed by atoms with Crippen molar-refractivity contribution in [3.05, 3.63) is 76.3 Å². The second-order valence-electron chi connectivity index (χ2n) is 9.60. The molecule has 2 fully saturated rings. The fraction of sp³-hybridized carbons (Fsp3) is 0.429. The highest BCUT2D eigenvalue weighted by Crippen LogP contribution is 2.44. The number of rotatable bonds is 8. The Hall–Kier alpha value is -2.65. The van der Waals surface area contributed by atoms with Crippen LogP contribution >= 0.6 is 23.8 Å². The van der Waals surface area contributed by atoms with Gasteiger partial charge >= 0.3 is 0 Å². The maximum Gasteiger partial charge on any atom is 0.174 e. The van der Waals surface area contributed by atoms with Crippen LogP contribution in [0.4, 0.5) is 5.69 Å². The van der Waals surface area contributed by atoms with Gasteiger partial charge in [0.1, 0.15) is 5.75 Å². The maximum atomic E-state index is 6.54. The molecule has 196 valence electrons. The van der Waals surface area contributed by atoms with Crippen molar-refractivity contribution in [1.29, 1.82) is 0 Å². The van der Waals surface area contributed by atoms with Crippen molar-refractivity contribution >= 4 is 34.6 Å². The fourth-order valence-corrected chi connectivity index (χ4v) is 6.10. The van der Waals surface area contributed by atoms with Crippen molar-refractivity contribution in [1.82, 2.24) is 19.8 Å². The summed E-state index contributed by atoms with van der Waals surface area (Å²) in [5.74, 6) is 0.639. The summed E-state index contributed by atoms with van der Waals surface area (Å²) in [6.07, 6.45) is 2.93. The molecule has 2 aliphatic rings. The van der Waals surface area contributed by atoms with Crippen LogP contribution in [0.3, 0.4) is 0 Å². The number of halogens is 1. The first-order valence-corrected chi connectivity index (χ1v) is 13.6. The van der Waals surface area contributed by atoms with Crippen molar-refractivity contribution in [3.8, 4) is 5.75 Å². The highest BCUT2D eigenvalue weighted by atomic mass is 35.5. The molecule has 7 nitrogen and oxygen atoms in total. The highest BCUT2D eigenvalue weighted by Gasteiger charge is 2.42. The van der Waals surface area contributed by atoms with Gasteiger partial charge in [-0.05, 0) is 74.4 Å². The molecular formula is C28H34ClN5O2S. The van der Waals surface area contributed by atoms with Crippen molar-refractivity contribution in [2.24, 2.45) is 0 Å². The van der Waals surface area contributed by atoms with Crippen LogP contribution in [0.15, 0.2) is 48.7 Å². The van der Waals surface area contributed by atoms with Gasteiger partial charge in [0.25, 0.3) is 0 Å². The number of benzene rings is 1. The summed E-state index contributed by atoms with van der Waals surface area (Å²) in [5.41, 5.74) is 5.61. The molecule has 0 amide bonds. The summed E-state index contributed by atoms with van der Waals surface area (Å²) in [6, 6.07) is 14.0. The van der Waals surface area contributed by atoms with E-state index in [0.717, 1.165) is 57.2 Å². The van der Waals surface area contributed by atoms with E-state index in [2.05, 4.69) is 50.6 Å². The van der Waals surface area contributed by atoms with E-state index < -0.39 is 0 Å². The van der Waals surface area contributed by atoms with E-state index in [1.807, 2.05) is 36.5 Å². The maximum absolute atomic E-state index is 6.54. The first-order valence-electron chi connectivity index (χ1n) is 12.8. The summed E-state index contributed by atoms with van der Waals surface area (Å²) in [4.78, 5) is 9.34. The molecule has 1 aromatic carbocycles. The highest BCUT2D eigenvalue weighted by molar-refractivity contribution is 7.80. The minimum atomic E-state index is -0.100. The molecule has 9 heteroatoms. The number of thiocarbonyl (C=S) groups is 1. The topological polar surface area (TPSA) is 54.8 Å². The van der Waals surface area contributed by atoms with Gasteiger partial charge in [0.2, 0.25) is 0 Å². The molecule has 2 saturated heterocycles. The van der Waals surface area contributed by atoms with Gasteiger partial charge in [0, 0.05) is 49.5 Å². The lowest BCUT2D eigenvalue weighted by Gasteiger charge is -2.29. The number of nitrogens with zero attached hydrogens (tertiary/aromatic N) is 4. The Labute approximate surface area is 229 Å². The SMILES string of the molecule is COc1ccc(N2C(=S)N[C@H](c3ccccn3)[C@H]2c2cc(C)n(CCCN3CCOCC3)c2C)cc1Cl. The molecule has 0 saturated carbocycles. The predicted molar refractivity (Wildman–Crippen MR) is 152 cm³/mol. The van der Waals surface area contributed by atoms with Crippen molar-refractivity contribution in [2.45, 2.75) is 38.9 Å². The van der Waals surface area contributed by atoms with Crippen LogP contribution in [0, 0.1) is 13.8 Å². The third kappa shape index (κ3) is 5.34. The number of methoxy groups -OCH3 is 1. The van der Waals surface area contributed by atoms with Gasteiger partial charge in [-0.3, -0.25) is 9.88 Å². The second-order valence-corrected chi connectivity index (χ2v) is 10.4. The summed E-state index contributed by atoms with van der Waals surface area (Å²) >= 11 is 12.4. The molecule has 0 aliphatic carbocycles. The van der Waals surface area contributed by atoms with Crippen LogP contribution < -0.4 is 15.0 Å². The summed E-state index contributed by atoms with van der Waals surface area (Å²) in [6.45, 7) is 10.2. The average molecular weight is 540 g/mol. The lowest BCUT2D eigenvalue weighted by molar-refractivity contribution is 0.0369. The number of nitrogens with one attached hydrogen (secondary N) is 1. The van der Waals surface area contributed by atoms with Gasteiger partial charge < -0.3 is 24.3 Å². The molecule has 3 aromatic rings. The molecule has 1 N–H and O–H groups in total. The lowest BCUT2D eigenvalue weighted by Crippen LogP contribution is -2.37. The van der Waals surface area contributed by atoms with Crippen LogP contribution in [0.25, 0.3) is 0 Å². The van der Waals surface area contributed by atoms with Gasteiger partial charge in [0.05, 0.1) is 43.1 Å². The van der Waals surface area contributed by atoms with Crippen molar-refractivity contribution < 1.29 is 9.47 Å². The molecular weight excluding hydrogens is 506 g/mol. The minimum Gasteiger partial charge on any atom is -0.495 e. The monoisotopic (exact) mass is 539 g/mol. The minimum absolute atomic E-state index is 0.0777. The van der Waals surface area contributed by atoms with Gasteiger partial charge in [-0.15, -0.1) is 0 Å². The molecule has 0 unspecified atom stereocenters. The average Bonchev–Trinajstić information content (AvgIpc) is 3.40. The third-order valence-corrected chi connectivity index (χ3v) is 8.01. The Morgan fingerprint density at radius 1 is 1.14 bits per heavy atom. The van der Waals surface area contributed by atoms with E-state index in [4.69, 9.17) is 33.3 Å². The Bertz CT molecular complexity index is 1240. The number of hydrogen-bond donors (Lipinski definition) is 1. The molecule has 2 atom stereocenters. The Balaban J connectivity index is 1.48. The number of morpholine rings is 1. The molecule has 0 radical (unpaired) electrons. The Morgan fingerprint density at radius 2 is 1.95 bits per heavy atom. The molecule has 2 aliphatic heterocycles. The smallest absolute Gasteiger partial charge is 0.174 e. The quantitative estimate of drug-likeness (QED) is 0.401. The van der Waals surface area contributed by atoms with Crippen molar-refractivity contribution in [2.75, 3.05) is 44.9 Å². The summed E-state index contributed by atoms with van der Waals surface area (Å²) in [7, 11) is 1.62. The Morgan fingerprint density at radius 3 is 2.65 bits per heavy atom. The van der Waals surface area contributed by atoms with E-state index in [-0.39, 0.29) is 12.1 Å². The second kappa shape index (κ2) is 11.4. The number of hydrogen-bond acceptors (Lipinski definition) is 5. The number of aryl methyl sites for hydroxylation is 1. The molecule has 2 aromatic heterocycles. The summed E-state index contributed by atoms with van der Waals surface area (Å²) < 4.78 is 13.3. The van der Waals surface area contributed by atoms with Crippen molar-refractivity contribution in [3.63, 3.8) is 0 Å². The summed E-state index contributed by atoms with van der Waals surface area (Å²) in [5, 5.41) is 4.75. The van der Waals surface area contributed by atoms with E-state index in [9.17, 15) is 0 Å². The zero-order chi connectivity index (χ0) is 25.9. The van der Waals surface area contributed by atoms with Gasteiger partial charge in [0.15, 0.2) is 5.11 Å². The van der Waals surface area contributed by atoms with E-state index in [1.165, 1.54) is 17.0 Å². The first kappa shape index (κ1) is 26.0. The zero-order valence-electron chi connectivity index (χ0n) is 21.6. The molecule has 4 heterocycles. The predicted octanol–water partition coefficient (Wildman–Crippen LogP) is 5.06. The van der Waals surface area contributed by atoms with Gasteiger partial charge in [-0.2, -0.15) is 0 Å². The standard InChI is InChI=1S/C28H34ClN5O2S/c1-19-17-22(20(2)33(19)12-6-11-32-13-15-36-16-14-32)27-26(24-7-4-5-10-30-24)31-28(37)34(27)21-8-9-25(35-3)23(29)18-21/h4-5,7-10,17-18,26-27H,6,11-16H2,1-3H3,(H,31,37)/t26-,27-/m1/s1. The van der Waals surface area contributed by atoms with Crippen LogP contribution in [0.5, 0.6) is 5.75 Å². The zero-order valence-corrected chi connectivity index (χ0v) is 23.2. The van der Waals surface area contributed by atoms with Gasteiger partial charge in [-0.1, -0.05) is 17.7 Å². The lowest BCUT2D eigenvalue weighted by atomic mass is 9.96. The number of aromatic nitrogens is 2. The Kier molecular flexibility index (Phi) is 8.00. The largest absolute Gasteiger partial charge is 0.495 e. The molecule has 37 heavy (non-hydrogen) atoms. The number of anilines is 1. The van der Waals surface area contributed by atoms with Crippen LogP contribution in [-0.2, 0) is 11.3 Å². The van der Waals surface area contributed by atoms with Gasteiger partial charge in [-0.25, -0.2) is 0 Å². The van der Waals surface area contributed by atoms with Crippen LogP contribution in [0.1, 0.15) is 41.1 Å². The van der Waals surface area contributed by atoms with E-state index >= 15 is 0 Å². The van der Waals surface area contributed by atoms with E-state index in [0.29, 0.717) is 15.9 Å². The van der Waals surface area contributed by atoms with Crippen LogP contribution in [-0.4, -0.2) is 59.5 Å². The number of pyridine rings is 1.